The third-order valence-electron chi connectivity index (χ3n) is 3.65. The molecule has 1 unspecified atom stereocenters. The molecule has 0 aromatic heterocycles. The molecular formula is C16H21NO3S. The summed E-state index contributed by atoms with van der Waals surface area (Å²) in [7, 11) is 0. The van der Waals surface area contributed by atoms with Gasteiger partial charge in [-0.05, 0) is 23.6 Å². The Morgan fingerprint density at radius 2 is 2.10 bits per heavy atom. The molecule has 2 aliphatic heterocycles. The van der Waals surface area contributed by atoms with E-state index in [0.29, 0.717) is 25.6 Å². The highest BCUT2D eigenvalue weighted by atomic mass is 32.2. The van der Waals surface area contributed by atoms with E-state index in [1.165, 1.54) is 0 Å². The van der Waals surface area contributed by atoms with Crippen LogP contribution in [-0.2, 0) is 4.79 Å². The van der Waals surface area contributed by atoms with Crippen molar-refractivity contribution in [2.75, 3.05) is 25.5 Å². The lowest BCUT2D eigenvalue weighted by Crippen LogP contribution is -2.31. The van der Waals surface area contributed by atoms with E-state index >= 15 is 0 Å². The van der Waals surface area contributed by atoms with Gasteiger partial charge in [0.15, 0.2) is 11.5 Å². The van der Waals surface area contributed by atoms with Crippen LogP contribution in [0.15, 0.2) is 18.2 Å². The molecule has 0 aliphatic carbocycles. The van der Waals surface area contributed by atoms with Crippen molar-refractivity contribution in [3.63, 3.8) is 0 Å². The average molecular weight is 307 g/mol. The molecule has 0 bridgehead atoms. The molecule has 0 saturated carbocycles. The first-order valence-corrected chi connectivity index (χ1v) is 8.50. The highest BCUT2D eigenvalue weighted by Gasteiger charge is 2.31. The van der Waals surface area contributed by atoms with Crippen molar-refractivity contribution >= 4 is 17.7 Å². The second-order valence-corrected chi connectivity index (χ2v) is 7.00. The molecule has 3 rings (SSSR count). The fourth-order valence-corrected chi connectivity index (χ4v) is 3.95. The summed E-state index contributed by atoms with van der Waals surface area (Å²) in [6.07, 6.45) is 0.613. The Labute approximate surface area is 129 Å². The Bertz CT molecular complexity index is 532. The minimum absolute atomic E-state index is 0.104. The van der Waals surface area contributed by atoms with Crippen LogP contribution in [0.25, 0.3) is 0 Å². The van der Waals surface area contributed by atoms with Gasteiger partial charge in [-0.1, -0.05) is 19.9 Å². The van der Waals surface area contributed by atoms with Crippen molar-refractivity contribution < 1.29 is 14.3 Å². The van der Waals surface area contributed by atoms with E-state index in [1.807, 2.05) is 34.9 Å². The fraction of sp³-hybridized carbons (Fsp3) is 0.562. The minimum Gasteiger partial charge on any atom is -0.486 e. The summed E-state index contributed by atoms with van der Waals surface area (Å²) in [5.41, 5.74) is 1.12. The van der Waals surface area contributed by atoms with Gasteiger partial charge >= 0.3 is 0 Å². The number of ether oxygens (including phenoxy) is 2. The lowest BCUT2D eigenvalue weighted by atomic mass is 10.1. The molecule has 1 atom stereocenters. The SMILES string of the molecule is CC(C)CC(=O)N1CCSC1c1ccc2c(c1)OCCO2. The largest absolute Gasteiger partial charge is 0.486 e. The number of carbonyl (C=O) groups is 1. The number of nitrogens with zero attached hydrogens (tertiary/aromatic N) is 1. The third kappa shape index (κ3) is 3.12. The minimum atomic E-state index is 0.104. The Morgan fingerprint density at radius 1 is 1.33 bits per heavy atom. The van der Waals surface area contributed by atoms with Crippen LogP contribution in [0.5, 0.6) is 11.5 Å². The molecule has 1 aromatic rings. The molecule has 1 aromatic carbocycles. The van der Waals surface area contributed by atoms with Crippen LogP contribution >= 0.6 is 11.8 Å². The van der Waals surface area contributed by atoms with E-state index in [4.69, 9.17) is 9.47 Å². The molecule has 1 fully saturated rings. The van der Waals surface area contributed by atoms with Gasteiger partial charge in [0, 0.05) is 18.7 Å². The van der Waals surface area contributed by atoms with Crippen molar-refractivity contribution in [1.29, 1.82) is 0 Å². The number of carbonyl (C=O) groups excluding carboxylic acids is 1. The topological polar surface area (TPSA) is 38.8 Å². The van der Waals surface area contributed by atoms with E-state index in [1.54, 1.807) is 0 Å². The van der Waals surface area contributed by atoms with Crippen LogP contribution in [0.2, 0.25) is 0 Å². The van der Waals surface area contributed by atoms with E-state index in [2.05, 4.69) is 13.8 Å². The van der Waals surface area contributed by atoms with Gasteiger partial charge in [-0.25, -0.2) is 0 Å². The second kappa shape index (κ2) is 6.18. The van der Waals surface area contributed by atoms with Gasteiger partial charge in [0.25, 0.3) is 0 Å². The molecule has 1 saturated heterocycles. The normalized spacial score (nSPS) is 20.9. The van der Waals surface area contributed by atoms with Crippen LogP contribution in [-0.4, -0.2) is 36.3 Å². The highest BCUT2D eigenvalue weighted by molar-refractivity contribution is 7.99. The molecule has 0 spiro atoms. The highest BCUT2D eigenvalue weighted by Crippen LogP contribution is 2.42. The summed E-state index contributed by atoms with van der Waals surface area (Å²) in [4.78, 5) is 14.4. The number of hydrogen-bond acceptors (Lipinski definition) is 4. The Hall–Kier alpha value is -1.36. The molecule has 2 heterocycles. The fourth-order valence-electron chi connectivity index (χ4n) is 2.68. The first-order valence-electron chi connectivity index (χ1n) is 7.46. The molecule has 0 radical (unpaired) electrons. The van der Waals surface area contributed by atoms with Gasteiger partial charge in [-0.3, -0.25) is 4.79 Å². The summed E-state index contributed by atoms with van der Waals surface area (Å²) < 4.78 is 11.2. The maximum atomic E-state index is 12.4. The maximum absolute atomic E-state index is 12.4. The van der Waals surface area contributed by atoms with Crippen molar-refractivity contribution in [2.45, 2.75) is 25.6 Å². The van der Waals surface area contributed by atoms with E-state index < -0.39 is 0 Å². The summed E-state index contributed by atoms with van der Waals surface area (Å²) in [6, 6.07) is 6.02. The zero-order chi connectivity index (χ0) is 14.8. The molecule has 1 amide bonds. The molecule has 2 aliphatic rings. The standard InChI is InChI=1S/C16H21NO3S/c1-11(2)9-15(18)17-5-8-21-16(17)12-3-4-13-14(10-12)20-7-6-19-13/h3-4,10-11,16H,5-9H2,1-2H3. The zero-order valence-electron chi connectivity index (χ0n) is 12.5. The van der Waals surface area contributed by atoms with Crippen LogP contribution in [0.1, 0.15) is 31.2 Å². The quantitative estimate of drug-likeness (QED) is 0.860. The number of amides is 1. The Kier molecular flexibility index (Phi) is 4.29. The molecule has 21 heavy (non-hydrogen) atoms. The van der Waals surface area contributed by atoms with E-state index in [-0.39, 0.29) is 11.3 Å². The van der Waals surface area contributed by atoms with Gasteiger partial charge in [0.2, 0.25) is 5.91 Å². The van der Waals surface area contributed by atoms with Gasteiger partial charge in [-0.2, -0.15) is 0 Å². The van der Waals surface area contributed by atoms with Crippen LogP contribution in [0, 0.1) is 5.92 Å². The zero-order valence-corrected chi connectivity index (χ0v) is 13.3. The summed E-state index contributed by atoms with van der Waals surface area (Å²) in [5, 5.41) is 0.104. The summed E-state index contributed by atoms with van der Waals surface area (Å²) in [6.45, 7) is 6.18. The van der Waals surface area contributed by atoms with Crippen molar-refractivity contribution in [3.05, 3.63) is 23.8 Å². The van der Waals surface area contributed by atoms with Gasteiger partial charge < -0.3 is 14.4 Å². The lowest BCUT2D eigenvalue weighted by Gasteiger charge is -2.26. The predicted octanol–water partition coefficient (Wildman–Crippen LogP) is 3.08. The Morgan fingerprint density at radius 3 is 2.86 bits per heavy atom. The number of fused-ring (bicyclic) bond motifs is 1. The summed E-state index contributed by atoms with van der Waals surface area (Å²) in [5.74, 6) is 3.22. The summed E-state index contributed by atoms with van der Waals surface area (Å²) >= 11 is 1.82. The van der Waals surface area contributed by atoms with Crippen LogP contribution in [0.4, 0.5) is 0 Å². The molecule has 5 heteroatoms. The van der Waals surface area contributed by atoms with Gasteiger partial charge in [0.1, 0.15) is 18.6 Å². The Balaban J connectivity index is 1.80. The lowest BCUT2D eigenvalue weighted by molar-refractivity contribution is -0.132. The smallest absolute Gasteiger partial charge is 0.224 e. The first-order chi connectivity index (χ1) is 10.1. The molecule has 0 N–H and O–H groups in total. The molecule has 4 nitrogen and oxygen atoms in total. The van der Waals surface area contributed by atoms with Crippen molar-refractivity contribution in [1.82, 2.24) is 4.90 Å². The third-order valence-corrected chi connectivity index (χ3v) is 4.91. The predicted molar refractivity (Wildman–Crippen MR) is 83.8 cm³/mol. The van der Waals surface area contributed by atoms with Gasteiger partial charge in [-0.15, -0.1) is 11.8 Å². The molecular weight excluding hydrogens is 286 g/mol. The number of rotatable bonds is 3. The van der Waals surface area contributed by atoms with Gasteiger partial charge in [0.05, 0.1) is 0 Å². The number of benzene rings is 1. The second-order valence-electron chi connectivity index (χ2n) is 5.81. The van der Waals surface area contributed by atoms with Crippen molar-refractivity contribution in [2.24, 2.45) is 5.92 Å². The van der Waals surface area contributed by atoms with Crippen LogP contribution < -0.4 is 9.47 Å². The monoisotopic (exact) mass is 307 g/mol. The van der Waals surface area contributed by atoms with E-state index in [9.17, 15) is 4.79 Å². The maximum Gasteiger partial charge on any atom is 0.224 e. The number of thioether (sulfide) groups is 1. The average Bonchev–Trinajstić information content (AvgIpc) is 2.95. The van der Waals surface area contributed by atoms with E-state index in [0.717, 1.165) is 29.4 Å². The van der Waals surface area contributed by atoms with Crippen molar-refractivity contribution in [3.8, 4) is 11.5 Å². The molecule has 114 valence electrons. The first kappa shape index (κ1) is 14.6. The van der Waals surface area contributed by atoms with Crippen LogP contribution in [0.3, 0.4) is 0 Å². The number of hydrogen-bond donors (Lipinski definition) is 0.